The first-order valence-corrected chi connectivity index (χ1v) is 8.06. The lowest BCUT2D eigenvalue weighted by atomic mass is 10.0. The molecular formula is C15H12Br2ClFO. The van der Waals surface area contributed by atoms with Crippen LogP contribution >= 0.6 is 43.5 Å². The van der Waals surface area contributed by atoms with E-state index in [2.05, 4.69) is 31.9 Å². The number of ether oxygens (including phenoxy) is 1. The molecule has 0 saturated carbocycles. The first-order valence-electron chi connectivity index (χ1n) is 6.04. The topological polar surface area (TPSA) is 9.23 Å². The Labute approximate surface area is 139 Å². The average molecular weight is 423 g/mol. The van der Waals surface area contributed by atoms with Gasteiger partial charge in [-0.05, 0) is 43.3 Å². The molecule has 2 aromatic carbocycles. The minimum atomic E-state index is -0.619. The molecule has 0 heterocycles. The van der Waals surface area contributed by atoms with Crippen LogP contribution in [0.5, 0.6) is 5.75 Å². The first-order chi connectivity index (χ1) is 9.52. The normalized spacial score (nSPS) is 12.2. The summed E-state index contributed by atoms with van der Waals surface area (Å²) in [6, 6.07) is 10.3. The Morgan fingerprint density at radius 3 is 2.35 bits per heavy atom. The second-order valence-corrected chi connectivity index (χ2v) is 6.41. The van der Waals surface area contributed by atoms with Crippen molar-refractivity contribution >= 4 is 43.5 Å². The van der Waals surface area contributed by atoms with Gasteiger partial charge >= 0.3 is 0 Å². The second kappa shape index (κ2) is 6.92. The second-order valence-electron chi connectivity index (χ2n) is 4.14. The number of rotatable bonds is 4. The van der Waals surface area contributed by atoms with Gasteiger partial charge in [-0.25, -0.2) is 4.39 Å². The lowest BCUT2D eigenvalue weighted by Gasteiger charge is -2.16. The maximum absolute atomic E-state index is 14.0. The molecule has 20 heavy (non-hydrogen) atoms. The van der Waals surface area contributed by atoms with Crippen LogP contribution in [0.1, 0.15) is 23.4 Å². The van der Waals surface area contributed by atoms with E-state index in [1.165, 1.54) is 6.07 Å². The summed E-state index contributed by atoms with van der Waals surface area (Å²) in [7, 11) is 0. The van der Waals surface area contributed by atoms with Crippen LogP contribution in [-0.2, 0) is 0 Å². The van der Waals surface area contributed by atoms with Gasteiger partial charge in [-0.2, -0.15) is 0 Å². The van der Waals surface area contributed by atoms with Crippen LogP contribution in [0.4, 0.5) is 4.39 Å². The number of alkyl halides is 1. The van der Waals surface area contributed by atoms with Crippen molar-refractivity contribution < 1.29 is 9.13 Å². The van der Waals surface area contributed by atoms with Gasteiger partial charge in [0.2, 0.25) is 0 Å². The molecule has 0 amide bonds. The fourth-order valence-electron chi connectivity index (χ4n) is 1.88. The Morgan fingerprint density at radius 2 is 1.70 bits per heavy atom. The van der Waals surface area contributed by atoms with Crippen molar-refractivity contribution in [3.05, 3.63) is 62.3 Å². The Hall–Kier alpha value is -0.580. The Bertz CT molecular complexity index is 619. The van der Waals surface area contributed by atoms with E-state index < -0.39 is 5.38 Å². The number of hydrogen-bond donors (Lipinski definition) is 0. The van der Waals surface area contributed by atoms with Gasteiger partial charge in [-0.3, -0.25) is 0 Å². The van der Waals surface area contributed by atoms with Gasteiger partial charge in [-0.1, -0.05) is 31.9 Å². The monoisotopic (exact) mass is 420 g/mol. The maximum atomic E-state index is 14.0. The van der Waals surface area contributed by atoms with Gasteiger partial charge in [0, 0.05) is 20.1 Å². The molecule has 0 saturated heterocycles. The van der Waals surface area contributed by atoms with Crippen molar-refractivity contribution in [1.82, 2.24) is 0 Å². The van der Waals surface area contributed by atoms with Crippen molar-refractivity contribution in [1.29, 1.82) is 0 Å². The highest BCUT2D eigenvalue weighted by Crippen LogP contribution is 2.38. The lowest BCUT2D eigenvalue weighted by molar-refractivity contribution is 0.336. The zero-order chi connectivity index (χ0) is 14.7. The molecule has 0 aliphatic carbocycles. The standard InChI is InChI=1S/C15H12Br2ClFO/c1-2-20-14-6-4-10(17)8-12(14)15(18)11-7-9(16)3-5-13(11)19/h3-8,15H,2H2,1H3. The molecule has 106 valence electrons. The zero-order valence-corrected chi connectivity index (χ0v) is 14.6. The summed E-state index contributed by atoms with van der Waals surface area (Å²) in [4.78, 5) is 0. The molecule has 1 atom stereocenters. The molecule has 2 aromatic rings. The highest BCUT2D eigenvalue weighted by molar-refractivity contribution is 9.10. The Morgan fingerprint density at radius 1 is 1.10 bits per heavy atom. The van der Waals surface area contributed by atoms with Gasteiger partial charge in [-0.15, -0.1) is 11.6 Å². The van der Waals surface area contributed by atoms with E-state index in [9.17, 15) is 4.39 Å². The molecule has 0 N–H and O–H groups in total. The smallest absolute Gasteiger partial charge is 0.128 e. The summed E-state index contributed by atoms with van der Waals surface area (Å²) in [5.74, 6) is 0.325. The van der Waals surface area contributed by atoms with Crippen LogP contribution in [0.3, 0.4) is 0 Å². The van der Waals surface area contributed by atoms with E-state index >= 15 is 0 Å². The molecule has 0 fully saturated rings. The fourth-order valence-corrected chi connectivity index (χ4v) is 2.98. The minimum Gasteiger partial charge on any atom is -0.494 e. The van der Waals surface area contributed by atoms with Crippen molar-refractivity contribution in [3.8, 4) is 5.75 Å². The van der Waals surface area contributed by atoms with Crippen molar-refractivity contribution in [2.24, 2.45) is 0 Å². The van der Waals surface area contributed by atoms with Crippen LogP contribution in [0.2, 0.25) is 0 Å². The molecule has 0 radical (unpaired) electrons. The molecule has 0 bridgehead atoms. The van der Waals surface area contributed by atoms with E-state index in [-0.39, 0.29) is 5.82 Å². The van der Waals surface area contributed by atoms with Gasteiger partial charge < -0.3 is 4.74 Å². The molecular weight excluding hydrogens is 410 g/mol. The summed E-state index contributed by atoms with van der Waals surface area (Å²) in [6.07, 6.45) is 0. The van der Waals surface area contributed by atoms with E-state index in [0.29, 0.717) is 17.9 Å². The summed E-state index contributed by atoms with van der Waals surface area (Å²) in [5, 5.41) is -0.619. The number of halogens is 4. The van der Waals surface area contributed by atoms with E-state index in [1.807, 2.05) is 25.1 Å². The minimum absolute atomic E-state index is 0.337. The van der Waals surface area contributed by atoms with Gasteiger partial charge in [0.15, 0.2) is 0 Å². The Kier molecular flexibility index (Phi) is 5.47. The molecule has 1 nitrogen and oxygen atoms in total. The average Bonchev–Trinajstić information content (AvgIpc) is 2.43. The number of benzene rings is 2. The molecule has 0 aliphatic heterocycles. The molecule has 2 rings (SSSR count). The summed E-state index contributed by atoms with van der Waals surface area (Å²) < 4.78 is 21.2. The SMILES string of the molecule is CCOc1ccc(Br)cc1C(Cl)c1cc(Br)ccc1F. The van der Waals surface area contributed by atoms with E-state index in [4.69, 9.17) is 16.3 Å². The van der Waals surface area contributed by atoms with Crippen LogP contribution in [0.25, 0.3) is 0 Å². The van der Waals surface area contributed by atoms with Crippen molar-refractivity contribution in [3.63, 3.8) is 0 Å². The van der Waals surface area contributed by atoms with Crippen LogP contribution in [-0.4, -0.2) is 6.61 Å². The third kappa shape index (κ3) is 3.54. The third-order valence-electron chi connectivity index (χ3n) is 2.78. The summed E-state index contributed by atoms with van der Waals surface area (Å²) >= 11 is 13.2. The van der Waals surface area contributed by atoms with Crippen molar-refractivity contribution in [2.75, 3.05) is 6.61 Å². The van der Waals surface area contributed by atoms with Crippen LogP contribution < -0.4 is 4.74 Å². The predicted octanol–water partition coefficient (Wildman–Crippen LogP) is 6.08. The zero-order valence-electron chi connectivity index (χ0n) is 10.7. The number of hydrogen-bond acceptors (Lipinski definition) is 1. The maximum Gasteiger partial charge on any atom is 0.128 e. The molecule has 0 aromatic heterocycles. The molecule has 1 unspecified atom stereocenters. The summed E-state index contributed by atoms with van der Waals surface area (Å²) in [5.41, 5.74) is 1.15. The van der Waals surface area contributed by atoms with E-state index in [0.717, 1.165) is 14.5 Å². The first kappa shape index (κ1) is 15.8. The van der Waals surface area contributed by atoms with Gasteiger partial charge in [0.1, 0.15) is 11.6 Å². The summed E-state index contributed by atoms with van der Waals surface area (Å²) in [6.45, 7) is 2.42. The van der Waals surface area contributed by atoms with E-state index in [1.54, 1.807) is 12.1 Å². The molecule has 5 heteroatoms. The van der Waals surface area contributed by atoms with Gasteiger partial charge in [0.05, 0.1) is 12.0 Å². The third-order valence-corrected chi connectivity index (χ3v) is 4.23. The van der Waals surface area contributed by atoms with Crippen LogP contribution in [0, 0.1) is 5.82 Å². The molecule has 0 aliphatic rings. The quantitative estimate of drug-likeness (QED) is 0.543. The lowest BCUT2D eigenvalue weighted by Crippen LogP contribution is -2.02. The highest BCUT2D eigenvalue weighted by atomic mass is 79.9. The Balaban J connectivity index is 2.49. The van der Waals surface area contributed by atoms with Gasteiger partial charge in [0.25, 0.3) is 0 Å². The highest BCUT2D eigenvalue weighted by Gasteiger charge is 2.20. The van der Waals surface area contributed by atoms with Crippen molar-refractivity contribution in [2.45, 2.75) is 12.3 Å². The predicted molar refractivity (Wildman–Crippen MR) is 87.1 cm³/mol. The fraction of sp³-hybridized carbons (Fsp3) is 0.200. The van der Waals surface area contributed by atoms with Crippen LogP contribution in [0.15, 0.2) is 45.3 Å². The molecule has 0 spiro atoms. The largest absolute Gasteiger partial charge is 0.494 e.